The molecule has 1 aliphatic rings. The van der Waals surface area contributed by atoms with Gasteiger partial charge in [-0.15, -0.1) is 15.1 Å². The number of hydrogen-bond donors (Lipinski definition) is 0. The molecule has 0 bridgehead atoms. The number of aromatic nitrogens is 1. The first-order chi connectivity index (χ1) is 13.2. The Morgan fingerprint density at radius 1 is 1.07 bits per heavy atom. The van der Waals surface area contributed by atoms with Crippen LogP contribution in [-0.2, 0) is 7.05 Å². The lowest BCUT2D eigenvalue weighted by atomic mass is 10.1. The number of halogens is 1. The van der Waals surface area contributed by atoms with E-state index in [0.717, 1.165) is 9.47 Å². The van der Waals surface area contributed by atoms with Crippen molar-refractivity contribution in [2.45, 2.75) is 6.92 Å². The second-order valence-corrected chi connectivity index (χ2v) is 6.81. The van der Waals surface area contributed by atoms with Gasteiger partial charge in [-0.25, -0.2) is 0 Å². The van der Waals surface area contributed by atoms with Crippen LogP contribution < -0.4 is 5.56 Å². The molecule has 10 nitrogen and oxygen atoms in total. The predicted octanol–water partition coefficient (Wildman–Crippen LogP) is 3.37. The van der Waals surface area contributed by atoms with E-state index >= 15 is 0 Å². The Morgan fingerprint density at radius 3 is 2.25 bits per heavy atom. The van der Waals surface area contributed by atoms with Gasteiger partial charge in [0, 0.05) is 24.1 Å². The Balaban J connectivity index is 2.17. The molecule has 140 valence electrons. The van der Waals surface area contributed by atoms with Gasteiger partial charge in [0.05, 0.1) is 11.1 Å². The van der Waals surface area contributed by atoms with Crippen molar-refractivity contribution in [3.05, 3.63) is 54.1 Å². The normalized spacial score (nSPS) is 13.2. The van der Waals surface area contributed by atoms with Crippen LogP contribution >= 0.6 is 15.9 Å². The van der Waals surface area contributed by atoms with Crippen molar-refractivity contribution < 1.29 is 9.59 Å². The van der Waals surface area contributed by atoms with Crippen molar-refractivity contribution in [1.82, 2.24) is 9.47 Å². The molecule has 0 atom stereocenters. The summed E-state index contributed by atoms with van der Waals surface area (Å²) in [6, 6.07) is 4.63. The zero-order valence-electron chi connectivity index (χ0n) is 14.8. The zero-order valence-corrected chi connectivity index (χ0v) is 16.4. The lowest BCUT2D eigenvalue weighted by Gasteiger charge is -2.08. The average Bonchev–Trinajstić information content (AvgIpc) is 2.87. The van der Waals surface area contributed by atoms with Crippen LogP contribution in [0, 0.1) is 23.2 Å². The summed E-state index contributed by atoms with van der Waals surface area (Å²) in [5.74, 6) is -1.18. The highest BCUT2D eigenvalue weighted by atomic mass is 79.9. The monoisotopic (exact) mass is 442 g/mol. The smallest absolute Gasteiger partial charge is 0.270 e. The number of azo groups is 1. The highest BCUT2D eigenvalue weighted by Gasteiger charge is 2.33. The van der Waals surface area contributed by atoms with Crippen molar-refractivity contribution in [2.75, 3.05) is 7.05 Å². The minimum absolute atomic E-state index is 0.0411. The molecule has 0 unspecified atom stereocenters. The Kier molecular flexibility index (Phi) is 4.74. The molecule has 2 heterocycles. The maximum atomic E-state index is 12.2. The van der Waals surface area contributed by atoms with Crippen LogP contribution in [0.4, 0.5) is 17.2 Å². The summed E-state index contributed by atoms with van der Waals surface area (Å²) in [4.78, 5) is 48.5. The molecular weight excluding hydrogens is 432 g/mol. The van der Waals surface area contributed by atoms with Crippen molar-refractivity contribution in [2.24, 2.45) is 22.5 Å². The number of benzene rings is 1. The zero-order chi connectivity index (χ0) is 20.7. The van der Waals surface area contributed by atoms with Crippen LogP contribution in [0.3, 0.4) is 0 Å². The van der Waals surface area contributed by atoms with Gasteiger partial charge < -0.3 is 0 Å². The lowest BCUT2D eigenvalue weighted by molar-refractivity contribution is 0.0693. The van der Waals surface area contributed by atoms with Crippen LogP contribution in [0.5, 0.6) is 0 Å². The Hall–Kier alpha value is -3.52. The molecule has 0 spiro atoms. The lowest BCUT2D eigenvalue weighted by Crippen LogP contribution is -2.24. The predicted molar refractivity (Wildman–Crippen MR) is 101 cm³/mol. The van der Waals surface area contributed by atoms with Gasteiger partial charge in [-0.3, -0.25) is 23.9 Å². The molecule has 28 heavy (non-hydrogen) atoms. The SMILES string of the molecule is Cc1c(N=Nc2cc3c(cc2Br)C(=O)N(C)C3=O)c(N=O)n(C)c(=O)c1C#N. The van der Waals surface area contributed by atoms with Crippen molar-refractivity contribution in [1.29, 1.82) is 5.26 Å². The molecule has 0 saturated carbocycles. The van der Waals surface area contributed by atoms with Crippen LogP contribution in [0.25, 0.3) is 0 Å². The van der Waals surface area contributed by atoms with Crippen molar-refractivity contribution in [3.63, 3.8) is 0 Å². The molecule has 1 aliphatic heterocycles. The van der Waals surface area contributed by atoms with Crippen molar-refractivity contribution >= 4 is 44.9 Å². The van der Waals surface area contributed by atoms with E-state index in [1.54, 1.807) is 6.07 Å². The Bertz CT molecular complexity index is 1210. The highest BCUT2D eigenvalue weighted by Crippen LogP contribution is 2.36. The van der Waals surface area contributed by atoms with Gasteiger partial charge in [0.1, 0.15) is 23.0 Å². The Labute approximate surface area is 166 Å². The van der Waals surface area contributed by atoms with E-state index < -0.39 is 17.4 Å². The maximum absolute atomic E-state index is 12.2. The third kappa shape index (κ3) is 2.74. The summed E-state index contributed by atoms with van der Waals surface area (Å²) in [6.45, 7) is 1.46. The van der Waals surface area contributed by atoms with E-state index in [-0.39, 0.29) is 39.4 Å². The number of nitroso groups, excluding NO2 is 1. The number of rotatable bonds is 3. The van der Waals surface area contributed by atoms with Crippen LogP contribution in [0.1, 0.15) is 31.8 Å². The fourth-order valence-electron chi connectivity index (χ4n) is 2.77. The third-order valence-corrected chi connectivity index (χ3v) is 5.03. The molecule has 0 saturated heterocycles. The Morgan fingerprint density at radius 2 is 1.68 bits per heavy atom. The number of carbonyl (C=O) groups is 2. The first-order valence-corrected chi connectivity index (χ1v) is 8.56. The van der Waals surface area contributed by atoms with E-state index in [1.165, 1.54) is 33.2 Å². The van der Waals surface area contributed by atoms with E-state index in [9.17, 15) is 24.6 Å². The van der Waals surface area contributed by atoms with Gasteiger partial charge >= 0.3 is 0 Å². The quantitative estimate of drug-likeness (QED) is 0.407. The summed E-state index contributed by atoms with van der Waals surface area (Å²) in [5.41, 5.74) is -0.0998. The molecule has 0 radical (unpaired) electrons. The second-order valence-electron chi connectivity index (χ2n) is 5.96. The number of nitrogens with zero attached hydrogens (tertiary/aromatic N) is 6. The van der Waals surface area contributed by atoms with E-state index in [2.05, 4.69) is 31.3 Å². The van der Waals surface area contributed by atoms with Gasteiger partial charge in [0.15, 0.2) is 0 Å². The molecule has 0 aliphatic carbocycles. The topological polar surface area (TPSA) is 137 Å². The number of carbonyl (C=O) groups excluding carboxylic acids is 2. The largest absolute Gasteiger partial charge is 0.290 e. The molecule has 1 aromatic heterocycles. The van der Waals surface area contributed by atoms with Crippen LogP contribution in [0.15, 0.2) is 36.8 Å². The molecule has 2 amide bonds. The molecule has 1 aromatic carbocycles. The number of imide groups is 1. The summed E-state index contributed by atoms with van der Waals surface area (Å²) in [7, 11) is 2.67. The van der Waals surface area contributed by atoms with Gasteiger partial charge in [0.25, 0.3) is 17.4 Å². The fourth-order valence-corrected chi connectivity index (χ4v) is 3.20. The van der Waals surface area contributed by atoms with Crippen LogP contribution in [-0.4, -0.2) is 28.3 Å². The fraction of sp³-hybridized carbons (Fsp3) is 0.176. The first kappa shape index (κ1) is 19.2. The molecule has 0 fully saturated rings. The molecule has 11 heteroatoms. The second kappa shape index (κ2) is 6.90. The number of nitriles is 1. The van der Waals surface area contributed by atoms with E-state index in [1.807, 2.05) is 0 Å². The standard InChI is InChI=1S/C17H11BrN6O4/c1-7-10(6-19)17(27)23(2)14(22-28)13(7)21-20-12-5-9-8(4-11(12)18)15(25)24(3)16(9)26/h4-5H,1-3H3. The first-order valence-electron chi connectivity index (χ1n) is 7.77. The molecule has 0 N–H and O–H groups in total. The van der Waals surface area contributed by atoms with E-state index in [0.29, 0.717) is 4.47 Å². The molecule has 3 rings (SSSR count). The van der Waals surface area contributed by atoms with Crippen molar-refractivity contribution in [3.8, 4) is 6.07 Å². The number of pyridine rings is 1. The van der Waals surface area contributed by atoms with Gasteiger partial charge in [-0.1, -0.05) is 0 Å². The van der Waals surface area contributed by atoms with Gasteiger partial charge in [-0.05, 0) is 40.2 Å². The highest BCUT2D eigenvalue weighted by molar-refractivity contribution is 9.10. The summed E-state index contributed by atoms with van der Waals surface area (Å²) in [6.07, 6.45) is 0. The molecular formula is C17H11BrN6O4. The number of amides is 2. The molecule has 2 aromatic rings. The third-order valence-electron chi connectivity index (χ3n) is 4.39. The minimum Gasteiger partial charge on any atom is -0.290 e. The van der Waals surface area contributed by atoms with Gasteiger partial charge in [0.2, 0.25) is 5.82 Å². The maximum Gasteiger partial charge on any atom is 0.270 e. The van der Waals surface area contributed by atoms with E-state index in [4.69, 9.17) is 0 Å². The number of hydrogen-bond acceptors (Lipinski definition) is 8. The average molecular weight is 443 g/mol. The minimum atomic E-state index is -0.667. The summed E-state index contributed by atoms with van der Waals surface area (Å²) in [5, 5.41) is 20.0. The summed E-state index contributed by atoms with van der Waals surface area (Å²) < 4.78 is 1.32. The summed E-state index contributed by atoms with van der Waals surface area (Å²) >= 11 is 3.27. The van der Waals surface area contributed by atoms with Crippen LogP contribution in [0.2, 0.25) is 0 Å². The number of fused-ring (bicyclic) bond motifs is 1. The van der Waals surface area contributed by atoms with Gasteiger partial charge in [-0.2, -0.15) is 5.26 Å².